The number of amides is 1. The molecule has 7 heteroatoms. The number of hydrogen-bond acceptors (Lipinski definition) is 5. The summed E-state index contributed by atoms with van der Waals surface area (Å²) < 4.78 is 7.16. The van der Waals surface area contributed by atoms with Crippen LogP contribution < -0.4 is 5.32 Å². The maximum Gasteiger partial charge on any atom is 0.224 e. The minimum Gasteiger partial charge on any atom is -0.361 e. The van der Waals surface area contributed by atoms with Crippen LogP contribution >= 0.6 is 0 Å². The van der Waals surface area contributed by atoms with Gasteiger partial charge in [0, 0.05) is 24.6 Å². The minimum absolute atomic E-state index is 0.00331. The Kier molecular flexibility index (Phi) is 3.48. The van der Waals surface area contributed by atoms with Gasteiger partial charge in [-0.15, -0.1) is 10.2 Å². The molecule has 1 atom stereocenters. The number of hydrogen-bond donors (Lipinski definition) is 1. The summed E-state index contributed by atoms with van der Waals surface area (Å²) in [5, 5.41) is 15.2. The van der Waals surface area contributed by atoms with Gasteiger partial charge >= 0.3 is 0 Å². The lowest BCUT2D eigenvalue weighted by atomic mass is 10.1. The average molecular weight is 289 g/mol. The number of fused-ring (bicyclic) bond motifs is 1. The third-order valence-corrected chi connectivity index (χ3v) is 4.02. The molecule has 3 heterocycles. The highest BCUT2D eigenvalue weighted by atomic mass is 16.5. The van der Waals surface area contributed by atoms with E-state index >= 15 is 0 Å². The maximum atomic E-state index is 12.2. The van der Waals surface area contributed by atoms with E-state index in [9.17, 15) is 4.79 Å². The fourth-order valence-corrected chi connectivity index (χ4v) is 2.77. The van der Waals surface area contributed by atoms with Gasteiger partial charge in [0.2, 0.25) is 5.91 Å². The van der Waals surface area contributed by atoms with Crippen LogP contribution in [-0.4, -0.2) is 31.9 Å². The fourth-order valence-electron chi connectivity index (χ4n) is 2.77. The molecule has 7 nitrogen and oxygen atoms in total. The highest BCUT2D eigenvalue weighted by molar-refractivity contribution is 5.79. The lowest BCUT2D eigenvalue weighted by molar-refractivity contribution is -0.121. The predicted molar refractivity (Wildman–Crippen MR) is 74.7 cm³/mol. The first-order valence-corrected chi connectivity index (χ1v) is 7.14. The van der Waals surface area contributed by atoms with Crippen molar-refractivity contribution in [2.24, 2.45) is 0 Å². The quantitative estimate of drug-likeness (QED) is 0.906. The Morgan fingerprint density at radius 2 is 2.19 bits per heavy atom. The molecule has 2 aromatic heterocycles. The number of aromatic nitrogens is 4. The normalized spacial score (nSPS) is 17.6. The second kappa shape index (κ2) is 5.31. The number of carbonyl (C=O) groups is 1. The van der Waals surface area contributed by atoms with Crippen LogP contribution in [0.3, 0.4) is 0 Å². The molecule has 1 unspecified atom stereocenters. The Morgan fingerprint density at radius 3 is 2.90 bits per heavy atom. The van der Waals surface area contributed by atoms with Crippen molar-refractivity contribution in [3.8, 4) is 0 Å². The Morgan fingerprint density at radius 1 is 1.38 bits per heavy atom. The zero-order chi connectivity index (χ0) is 15.0. The van der Waals surface area contributed by atoms with E-state index in [0.717, 1.165) is 42.3 Å². The average Bonchev–Trinajstić information content (AvgIpc) is 2.97. The minimum atomic E-state index is 0.00331. The zero-order valence-corrected chi connectivity index (χ0v) is 12.5. The van der Waals surface area contributed by atoms with Gasteiger partial charge in [-0.05, 0) is 27.2 Å². The second-order valence-corrected chi connectivity index (χ2v) is 5.56. The molecule has 1 N–H and O–H groups in total. The standard InChI is InChI=1S/C14H19N5O2/c1-8-12(9(2)21-18-8)6-14(20)15-11-4-5-13-17-16-10(3)19(13)7-11/h11H,4-7H2,1-3H3,(H,15,20). The van der Waals surface area contributed by atoms with E-state index in [1.165, 1.54) is 0 Å². The molecule has 0 spiro atoms. The fraction of sp³-hybridized carbons (Fsp3) is 0.571. The van der Waals surface area contributed by atoms with Crippen molar-refractivity contribution in [1.29, 1.82) is 0 Å². The lowest BCUT2D eigenvalue weighted by Gasteiger charge is -2.24. The summed E-state index contributed by atoms with van der Waals surface area (Å²) in [6.07, 6.45) is 2.05. The van der Waals surface area contributed by atoms with E-state index in [4.69, 9.17) is 4.52 Å². The molecule has 21 heavy (non-hydrogen) atoms. The first-order valence-electron chi connectivity index (χ1n) is 7.14. The lowest BCUT2D eigenvalue weighted by Crippen LogP contribution is -2.42. The molecule has 2 aromatic rings. The predicted octanol–water partition coefficient (Wildman–Crippen LogP) is 0.865. The smallest absolute Gasteiger partial charge is 0.224 e. The molecular weight excluding hydrogens is 270 g/mol. The number of nitrogens with zero attached hydrogens (tertiary/aromatic N) is 4. The molecule has 1 amide bonds. The maximum absolute atomic E-state index is 12.2. The van der Waals surface area contributed by atoms with Gasteiger partial charge in [0.25, 0.3) is 0 Å². The molecule has 1 aliphatic heterocycles. The van der Waals surface area contributed by atoms with Crippen LogP contribution in [0, 0.1) is 20.8 Å². The highest BCUT2D eigenvalue weighted by Crippen LogP contribution is 2.16. The third-order valence-electron chi connectivity index (χ3n) is 4.02. The number of carbonyl (C=O) groups excluding carboxylic acids is 1. The van der Waals surface area contributed by atoms with Crippen molar-refractivity contribution < 1.29 is 9.32 Å². The molecule has 112 valence electrons. The molecule has 0 fully saturated rings. The monoisotopic (exact) mass is 289 g/mol. The van der Waals surface area contributed by atoms with Crippen molar-refractivity contribution in [2.75, 3.05) is 0 Å². The molecule has 0 bridgehead atoms. The van der Waals surface area contributed by atoms with E-state index in [1.54, 1.807) is 0 Å². The first-order chi connectivity index (χ1) is 10.0. The van der Waals surface area contributed by atoms with Gasteiger partial charge in [0.05, 0.1) is 12.1 Å². The van der Waals surface area contributed by atoms with Crippen molar-refractivity contribution in [3.63, 3.8) is 0 Å². The molecule has 3 rings (SSSR count). The Labute approximate surface area is 122 Å². The molecule has 1 aliphatic rings. The van der Waals surface area contributed by atoms with E-state index in [1.807, 2.05) is 20.8 Å². The number of aryl methyl sites for hydroxylation is 4. The summed E-state index contributed by atoms with van der Waals surface area (Å²) in [6.45, 7) is 6.36. The van der Waals surface area contributed by atoms with Crippen LogP contribution in [0.2, 0.25) is 0 Å². The largest absolute Gasteiger partial charge is 0.361 e. The summed E-state index contributed by atoms with van der Waals surface area (Å²) in [4.78, 5) is 12.2. The van der Waals surface area contributed by atoms with Crippen LogP contribution in [0.4, 0.5) is 0 Å². The SMILES string of the molecule is Cc1noc(C)c1CC(=O)NC1CCc2nnc(C)n2C1. The van der Waals surface area contributed by atoms with Gasteiger partial charge in [-0.2, -0.15) is 0 Å². The molecule has 0 saturated heterocycles. The summed E-state index contributed by atoms with van der Waals surface area (Å²) >= 11 is 0. The Balaban J connectivity index is 1.63. The molecule has 0 radical (unpaired) electrons. The molecular formula is C14H19N5O2. The van der Waals surface area contributed by atoms with Crippen molar-refractivity contribution in [1.82, 2.24) is 25.2 Å². The summed E-state index contributed by atoms with van der Waals surface area (Å²) in [6, 6.07) is 0.125. The molecule has 0 aliphatic carbocycles. The van der Waals surface area contributed by atoms with Crippen LogP contribution in [0.1, 0.15) is 35.1 Å². The van der Waals surface area contributed by atoms with Crippen LogP contribution in [-0.2, 0) is 24.2 Å². The van der Waals surface area contributed by atoms with Crippen LogP contribution in [0.5, 0.6) is 0 Å². The van der Waals surface area contributed by atoms with E-state index in [2.05, 4.69) is 25.2 Å². The number of rotatable bonds is 3. The van der Waals surface area contributed by atoms with Gasteiger partial charge in [-0.3, -0.25) is 4.79 Å². The third kappa shape index (κ3) is 2.68. The van der Waals surface area contributed by atoms with E-state index in [0.29, 0.717) is 12.2 Å². The topological polar surface area (TPSA) is 85.8 Å². The van der Waals surface area contributed by atoms with Gasteiger partial charge in [0.15, 0.2) is 0 Å². The molecule has 0 aromatic carbocycles. The van der Waals surface area contributed by atoms with Crippen LogP contribution in [0.15, 0.2) is 4.52 Å². The zero-order valence-electron chi connectivity index (χ0n) is 12.5. The van der Waals surface area contributed by atoms with Gasteiger partial charge in [-0.1, -0.05) is 5.16 Å². The van der Waals surface area contributed by atoms with Gasteiger partial charge in [-0.25, -0.2) is 0 Å². The Hall–Kier alpha value is -2.18. The second-order valence-electron chi connectivity index (χ2n) is 5.56. The van der Waals surface area contributed by atoms with Gasteiger partial charge in [0.1, 0.15) is 17.4 Å². The van der Waals surface area contributed by atoms with E-state index < -0.39 is 0 Å². The first kappa shape index (κ1) is 13.8. The van der Waals surface area contributed by atoms with Crippen molar-refractivity contribution >= 4 is 5.91 Å². The van der Waals surface area contributed by atoms with Crippen LogP contribution in [0.25, 0.3) is 0 Å². The van der Waals surface area contributed by atoms with E-state index in [-0.39, 0.29) is 11.9 Å². The number of nitrogens with one attached hydrogen (secondary N) is 1. The van der Waals surface area contributed by atoms with Crippen molar-refractivity contribution in [3.05, 3.63) is 28.7 Å². The Bertz CT molecular complexity index is 653. The summed E-state index contributed by atoms with van der Waals surface area (Å²) in [7, 11) is 0. The summed E-state index contributed by atoms with van der Waals surface area (Å²) in [5.41, 5.74) is 1.66. The van der Waals surface area contributed by atoms with Gasteiger partial charge < -0.3 is 14.4 Å². The van der Waals surface area contributed by atoms with Crippen molar-refractivity contribution in [2.45, 2.75) is 52.6 Å². The summed E-state index contributed by atoms with van der Waals surface area (Å²) in [5.74, 6) is 2.62. The molecule has 0 saturated carbocycles. The highest BCUT2D eigenvalue weighted by Gasteiger charge is 2.23.